The normalized spacial score (nSPS) is 25.4. The van der Waals surface area contributed by atoms with Gasteiger partial charge in [-0.1, -0.05) is 6.92 Å². The fourth-order valence-electron chi connectivity index (χ4n) is 3.26. The predicted molar refractivity (Wildman–Crippen MR) is 80.2 cm³/mol. The van der Waals surface area contributed by atoms with Gasteiger partial charge in [0.1, 0.15) is 10.6 Å². The number of hydrogen-bond acceptors (Lipinski definition) is 5. The van der Waals surface area contributed by atoms with Crippen LogP contribution in [0.1, 0.15) is 54.2 Å². The number of nitrogens with zero attached hydrogens (tertiary/aromatic N) is 1. The maximum absolute atomic E-state index is 5.89. The molecule has 1 aliphatic carbocycles. The molecule has 0 aromatic carbocycles. The first-order valence-electron chi connectivity index (χ1n) is 7.65. The van der Waals surface area contributed by atoms with Crippen molar-refractivity contribution in [1.82, 2.24) is 10.3 Å². The van der Waals surface area contributed by atoms with E-state index in [9.17, 15) is 0 Å². The van der Waals surface area contributed by atoms with E-state index in [4.69, 9.17) is 14.5 Å². The molecule has 1 atom stereocenters. The third kappa shape index (κ3) is 2.52. The molecule has 4 nitrogen and oxygen atoms in total. The zero-order valence-corrected chi connectivity index (χ0v) is 13.2. The summed E-state index contributed by atoms with van der Waals surface area (Å²) < 4.78 is 11.4. The van der Waals surface area contributed by atoms with Crippen molar-refractivity contribution in [3.8, 4) is 0 Å². The zero-order valence-electron chi connectivity index (χ0n) is 12.4. The van der Waals surface area contributed by atoms with Crippen LogP contribution in [-0.4, -0.2) is 31.9 Å². The van der Waals surface area contributed by atoms with Crippen LogP contribution in [0.2, 0.25) is 0 Å². The summed E-state index contributed by atoms with van der Waals surface area (Å²) in [4.78, 5) is 6.45. The zero-order chi connectivity index (χ0) is 14.0. The summed E-state index contributed by atoms with van der Waals surface area (Å²) >= 11 is 1.86. The quantitative estimate of drug-likeness (QED) is 0.928. The van der Waals surface area contributed by atoms with E-state index < -0.39 is 0 Å². The number of aromatic nitrogens is 1. The average molecular weight is 296 g/mol. The van der Waals surface area contributed by atoms with Crippen molar-refractivity contribution >= 4 is 11.3 Å². The van der Waals surface area contributed by atoms with E-state index in [1.165, 1.54) is 29.8 Å². The predicted octanol–water partition coefficient (Wildman–Crippen LogP) is 2.78. The Morgan fingerprint density at radius 2 is 2.25 bits per heavy atom. The molecule has 1 saturated heterocycles. The van der Waals surface area contributed by atoms with Crippen molar-refractivity contribution in [2.24, 2.45) is 0 Å². The van der Waals surface area contributed by atoms with Gasteiger partial charge in [-0.05, 0) is 25.8 Å². The molecule has 2 heterocycles. The second-order valence-corrected chi connectivity index (χ2v) is 6.72. The van der Waals surface area contributed by atoms with Gasteiger partial charge in [-0.2, -0.15) is 0 Å². The van der Waals surface area contributed by atoms with Crippen LogP contribution in [0.5, 0.6) is 0 Å². The number of methoxy groups -OCH3 is 1. The lowest BCUT2D eigenvalue weighted by molar-refractivity contribution is -0.0949. The van der Waals surface area contributed by atoms with Crippen molar-refractivity contribution in [2.75, 3.05) is 26.9 Å². The minimum absolute atomic E-state index is 0.211. The number of nitrogens with one attached hydrogen (secondary N) is 1. The maximum Gasteiger partial charge on any atom is 0.125 e. The highest BCUT2D eigenvalue weighted by Gasteiger charge is 2.39. The van der Waals surface area contributed by atoms with Crippen molar-refractivity contribution in [2.45, 2.75) is 50.7 Å². The molecule has 1 unspecified atom stereocenters. The lowest BCUT2D eigenvalue weighted by Crippen LogP contribution is -2.35. The van der Waals surface area contributed by atoms with Crippen LogP contribution in [-0.2, 0) is 21.5 Å². The molecule has 0 bridgehead atoms. The Bertz CT molecular complexity index is 455. The van der Waals surface area contributed by atoms with Gasteiger partial charge in [0.2, 0.25) is 0 Å². The molecule has 20 heavy (non-hydrogen) atoms. The Hall–Kier alpha value is -0.490. The molecule has 0 radical (unpaired) electrons. The molecule has 1 aliphatic heterocycles. The smallest absolute Gasteiger partial charge is 0.125 e. The molecule has 1 aromatic heterocycles. The minimum Gasteiger partial charge on any atom is -0.381 e. The summed E-state index contributed by atoms with van der Waals surface area (Å²) in [6.45, 7) is 4.71. The highest BCUT2D eigenvalue weighted by molar-refractivity contribution is 7.11. The molecule has 0 saturated carbocycles. The first kappa shape index (κ1) is 14.4. The lowest BCUT2D eigenvalue weighted by atomic mass is 9.94. The summed E-state index contributed by atoms with van der Waals surface area (Å²) in [6.07, 6.45) is 5.47. The third-order valence-electron chi connectivity index (χ3n) is 4.49. The lowest BCUT2D eigenvalue weighted by Gasteiger charge is -2.34. The van der Waals surface area contributed by atoms with Crippen LogP contribution < -0.4 is 5.32 Å². The van der Waals surface area contributed by atoms with Crippen LogP contribution in [0.4, 0.5) is 0 Å². The molecule has 0 spiro atoms. The van der Waals surface area contributed by atoms with E-state index in [2.05, 4.69) is 12.2 Å². The Morgan fingerprint density at radius 3 is 2.95 bits per heavy atom. The second-order valence-electron chi connectivity index (χ2n) is 5.64. The Balaban J connectivity index is 1.91. The fraction of sp³-hybridized carbons (Fsp3) is 0.800. The molecule has 5 heteroatoms. The maximum atomic E-state index is 5.89. The highest BCUT2D eigenvalue weighted by atomic mass is 32.1. The Morgan fingerprint density at radius 1 is 1.45 bits per heavy atom. The highest BCUT2D eigenvalue weighted by Crippen LogP contribution is 2.42. The molecule has 3 rings (SSSR count). The third-order valence-corrected chi connectivity index (χ3v) is 5.80. The van der Waals surface area contributed by atoms with Gasteiger partial charge in [-0.15, -0.1) is 11.3 Å². The van der Waals surface area contributed by atoms with Gasteiger partial charge in [0.05, 0.1) is 11.7 Å². The van der Waals surface area contributed by atoms with E-state index in [1.54, 1.807) is 0 Å². The monoisotopic (exact) mass is 296 g/mol. The van der Waals surface area contributed by atoms with Crippen molar-refractivity contribution in [3.63, 3.8) is 0 Å². The number of ether oxygens (including phenoxy) is 2. The van der Waals surface area contributed by atoms with Crippen molar-refractivity contribution < 1.29 is 9.47 Å². The number of aryl methyl sites for hydroxylation is 1. The SMILES string of the molecule is CCNC1CCCc2sc(C3(OC)CCOCC3)nc21. The molecule has 1 fully saturated rings. The number of hydrogen-bond donors (Lipinski definition) is 1. The van der Waals surface area contributed by atoms with Crippen LogP contribution in [0.25, 0.3) is 0 Å². The van der Waals surface area contributed by atoms with E-state index in [1.807, 2.05) is 18.4 Å². The van der Waals surface area contributed by atoms with Gasteiger partial charge in [0, 0.05) is 38.0 Å². The Kier molecular flexibility index (Phi) is 4.40. The topological polar surface area (TPSA) is 43.4 Å². The van der Waals surface area contributed by atoms with Crippen molar-refractivity contribution in [3.05, 3.63) is 15.6 Å². The van der Waals surface area contributed by atoms with Crippen LogP contribution in [0, 0.1) is 0 Å². The summed E-state index contributed by atoms with van der Waals surface area (Å²) in [5.74, 6) is 0. The van der Waals surface area contributed by atoms with E-state index >= 15 is 0 Å². The van der Waals surface area contributed by atoms with Crippen molar-refractivity contribution in [1.29, 1.82) is 0 Å². The van der Waals surface area contributed by atoms with Gasteiger partial charge in [0.25, 0.3) is 0 Å². The summed E-state index contributed by atoms with van der Waals surface area (Å²) in [7, 11) is 1.81. The van der Waals surface area contributed by atoms with E-state index in [0.717, 1.165) is 37.6 Å². The van der Waals surface area contributed by atoms with Gasteiger partial charge >= 0.3 is 0 Å². The number of thiazole rings is 1. The molecule has 112 valence electrons. The molecule has 1 N–H and O–H groups in total. The summed E-state index contributed by atoms with van der Waals surface area (Å²) in [5, 5.41) is 4.73. The number of fused-ring (bicyclic) bond motifs is 1. The summed E-state index contributed by atoms with van der Waals surface area (Å²) in [5.41, 5.74) is 1.07. The largest absolute Gasteiger partial charge is 0.381 e. The van der Waals surface area contributed by atoms with E-state index in [0.29, 0.717) is 6.04 Å². The molecule has 2 aliphatic rings. The first-order valence-corrected chi connectivity index (χ1v) is 8.47. The molecule has 0 amide bonds. The second kappa shape index (κ2) is 6.10. The standard InChI is InChI=1S/C15H24N2O2S/c1-3-16-11-5-4-6-12-13(11)17-14(20-12)15(18-2)7-9-19-10-8-15/h11,16H,3-10H2,1-2H3. The van der Waals surface area contributed by atoms with Crippen LogP contribution >= 0.6 is 11.3 Å². The molecular weight excluding hydrogens is 272 g/mol. The van der Waals surface area contributed by atoms with Gasteiger partial charge in [0.15, 0.2) is 0 Å². The van der Waals surface area contributed by atoms with Gasteiger partial charge < -0.3 is 14.8 Å². The molecular formula is C15H24N2O2S. The van der Waals surface area contributed by atoms with Gasteiger partial charge in [-0.25, -0.2) is 4.98 Å². The molecule has 1 aromatic rings. The van der Waals surface area contributed by atoms with Gasteiger partial charge in [-0.3, -0.25) is 0 Å². The minimum atomic E-state index is -0.211. The first-order chi connectivity index (χ1) is 9.79. The van der Waals surface area contributed by atoms with Crippen LogP contribution in [0.15, 0.2) is 0 Å². The van der Waals surface area contributed by atoms with Crippen LogP contribution in [0.3, 0.4) is 0 Å². The average Bonchev–Trinajstić information content (AvgIpc) is 2.94. The fourth-order valence-corrected chi connectivity index (χ4v) is 4.65. The van der Waals surface area contributed by atoms with E-state index in [-0.39, 0.29) is 5.60 Å². The Labute approximate surface area is 124 Å². The summed E-state index contributed by atoms with van der Waals surface area (Å²) in [6, 6.07) is 0.433. The number of rotatable bonds is 4.